The summed E-state index contributed by atoms with van der Waals surface area (Å²) in [6, 6.07) is 2.40. The fraction of sp³-hybridized carbons (Fsp3) is 0.789. The number of rotatable bonds is 4. The maximum Gasteiger partial charge on any atom is 0.223 e. The van der Waals surface area contributed by atoms with Crippen LogP contribution >= 0.6 is 0 Å². The molecule has 3 aromatic rings. The minimum atomic E-state index is 0.276. The van der Waals surface area contributed by atoms with Gasteiger partial charge < -0.3 is 14.0 Å². The molecule has 0 radical (unpaired) electrons. The average molecular weight is 726 g/mol. The van der Waals surface area contributed by atoms with Crippen LogP contribution in [0.15, 0.2) is 12.4 Å². The number of carbonyl (C=O) groups is 1. The monoisotopic (exact) mass is 726 g/mol. The smallest absolute Gasteiger partial charge is 0.223 e. The van der Waals surface area contributed by atoms with Gasteiger partial charge in [-0.3, -0.25) is 24.4 Å². The van der Waals surface area contributed by atoms with Crippen molar-refractivity contribution in [2.24, 2.45) is 0 Å². The minimum Gasteiger partial charge on any atom is -0.344 e. The van der Waals surface area contributed by atoms with Crippen molar-refractivity contribution >= 4 is 5.91 Å². The van der Waals surface area contributed by atoms with Gasteiger partial charge in [-0.2, -0.15) is 5.10 Å². The van der Waals surface area contributed by atoms with Gasteiger partial charge in [-0.15, -0.1) is 10.2 Å². The first kappa shape index (κ1) is 43.2. The molecular weight excluding hydrogens is 655 g/mol. The molecular formula is C38H71N13O. The van der Waals surface area contributed by atoms with E-state index in [2.05, 4.69) is 116 Å². The van der Waals surface area contributed by atoms with Crippen molar-refractivity contribution in [1.82, 2.24) is 63.6 Å². The number of amides is 1. The Balaban J connectivity index is 0.000000184. The molecule has 14 nitrogen and oxygen atoms in total. The van der Waals surface area contributed by atoms with Crippen LogP contribution in [-0.4, -0.2) is 140 Å². The predicted molar refractivity (Wildman–Crippen MR) is 209 cm³/mol. The summed E-state index contributed by atoms with van der Waals surface area (Å²) in [5.41, 5.74) is 0. The van der Waals surface area contributed by atoms with Crippen LogP contribution in [-0.2, 0) is 44.1 Å². The molecule has 0 N–H and O–H groups in total. The Hall–Kier alpha value is -3.20. The molecule has 0 spiro atoms. The zero-order valence-corrected chi connectivity index (χ0v) is 34.9. The second kappa shape index (κ2) is 20.9. The highest BCUT2D eigenvalue weighted by Crippen LogP contribution is 2.15. The number of carbonyl (C=O) groups excluding carboxylic acids is 1. The molecule has 7 rings (SSSR count). The van der Waals surface area contributed by atoms with Gasteiger partial charge in [0.05, 0.1) is 26.2 Å². The SMILES string of the molecule is CC.CC(C)N1CCC(=O)N(C)CC1.CC(C)N1CCn2ccnc2C1.Cc1nc2n(n1)CCN(C(C)C)C2.Cc1nnc2n1CCN(C(C)C)C2. The number of fused-ring (bicyclic) bond motifs is 3. The molecule has 1 fully saturated rings. The van der Waals surface area contributed by atoms with Crippen LogP contribution < -0.4 is 0 Å². The Kier molecular flexibility index (Phi) is 17.4. The number of aryl methyl sites for hydroxylation is 2. The van der Waals surface area contributed by atoms with Crippen molar-refractivity contribution in [3.05, 3.63) is 41.5 Å². The van der Waals surface area contributed by atoms with Crippen molar-refractivity contribution in [2.45, 2.75) is 153 Å². The van der Waals surface area contributed by atoms with E-state index in [0.29, 0.717) is 30.6 Å². The summed E-state index contributed by atoms with van der Waals surface area (Å²) in [6.07, 6.45) is 4.63. The van der Waals surface area contributed by atoms with Crippen LogP contribution in [0.1, 0.15) is 105 Å². The second-order valence-electron chi connectivity index (χ2n) is 15.0. The second-order valence-corrected chi connectivity index (χ2v) is 15.0. The van der Waals surface area contributed by atoms with Crippen molar-refractivity contribution in [1.29, 1.82) is 0 Å². The van der Waals surface area contributed by atoms with Gasteiger partial charge in [0.25, 0.3) is 0 Å². The maximum atomic E-state index is 11.3. The zero-order valence-electron chi connectivity index (χ0n) is 34.9. The van der Waals surface area contributed by atoms with E-state index in [9.17, 15) is 4.79 Å². The lowest BCUT2D eigenvalue weighted by atomic mass is 10.2. The van der Waals surface area contributed by atoms with Crippen molar-refractivity contribution < 1.29 is 4.79 Å². The van der Waals surface area contributed by atoms with Gasteiger partial charge >= 0.3 is 0 Å². The fourth-order valence-corrected chi connectivity index (χ4v) is 6.58. The molecule has 0 aromatic carbocycles. The van der Waals surface area contributed by atoms with Gasteiger partial charge in [-0.1, -0.05) is 13.8 Å². The third-order valence-electron chi connectivity index (χ3n) is 10.2. The number of imidazole rings is 1. The first-order valence-electron chi connectivity index (χ1n) is 19.7. The summed E-state index contributed by atoms with van der Waals surface area (Å²) in [6.45, 7) is 37.8. The highest BCUT2D eigenvalue weighted by atomic mass is 16.2. The molecule has 0 unspecified atom stereocenters. The third-order valence-corrected chi connectivity index (χ3v) is 10.2. The van der Waals surface area contributed by atoms with Crippen LogP contribution in [0, 0.1) is 13.8 Å². The third kappa shape index (κ3) is 12.4. The van der Waals surface area contributed by atoms with E-state index in [1.165, 1.54) is 5.82 Å². The van der Waals surface area contributed by atoms with Gasteiger partial charge in [-0.05, 0) is 69.2 Å². The molecule has 0 bridgehead atoms. The van der Waals surface area contributed by atoms with Crippen LogP contribution in [0.4, 0.5) is 0 Å². The van der Waals surface area contributed by atoms with Crippen molar-refractivity contribution in [3.63, 3.8) is 0 Å². The number of nitrogens with zero attached hydrogens (tertiary/aromatic N) is 13. The van der Waals surface area contributed by atoms with Gasteiger partial charge in [0.1, 0.15) is 29.1 Å². The summed E-state index contributed by atoms with van der Waals surface area (Å²) >= 11 is 0. The van der Waals surface area contributed by atoms with Crippen molar-refractivity contribution in [3.8, 4) is 0 Å². The summed E-state index contributed by atoms with van der Waals surface area (Å²) < 4.78 is 6.46. The van der Waals surface area contributed by atoms with Crippen LogP contribution in [0.2, 0.25) is 0 Å². The van der Waals surface area contributed by atoms with Gasteiger partial charge in [-0.25, -0.2) is 14.6 Å². The molecule has 14 heteroatoms. The average Bonchev–Trinajstić information content (AvgIpc) is 3.83. The van der Waals surface area contributed by atoms with Crippen LogP contribution in [0.25, 0.3) is 0 Å². The summed E-state index contributed by atoms with van der Waals surface area (Å²) in [5, 5.41) is 12.6. The van der Waals surface area contributed by atoms with E-state index < -0.39 is 0 Å². The quantitative estimate of drug-likeness (QED) is 0.386. The Morgan fingerprint density at radius 2 is 1.15 bits per heavy atom. The van der Waals surface area contributed by atoms with Crippen LogP contribution in [0.3, 0.4) is 0 Å². The molecule has 0 saturated carbocycles. The Morgan fingerprint density at radius 3 is 1.77 bits per heavy atom. The largest absolute Gasteiger partial charge is 0.344 e. The fourth-order valence-electron chi connectivity index (χ4n) is 6.58. The van der Waals surface area contributed by atoms with E-state index in [4.69, 9.17) is 0 Å². The van der Waals surface area contributed by atoms with Gasteiger partial charge in [0, 0.05) is 102 Å². The molecule has 4 aliphatic heterocycles. The zero-order chi connectivity index (χ0) is 38.5. The number of aromatic nitrogens is 8. The van der Waals surface area contributed by atoms with E-state index in [1.807, 2.05) is 50.5 Å². The number of hydrogen-bond acceptors (Lipinski definition) is 10. The molecule has 4 aliphatic rings. The number of likely N-dealkylation sites (N-methyl/N-ethyl adjacent to an activating group) is 1. The summed E-state index contributed by atoms with van der Waals surface area (Å²) in [4.78, 5) is 31.4. The molecule has 0 atom stereocenters. The highest BCUT2D eigenvalue weighted by Gasteiger charge is 2.22. The molecule has 0 aliphatic carbocycles. The highest BCUT2D eigenvalue weighted by molar-refractivity contribution is 5.76. The molecule has 52 heavy (non-hydrogen) atoms. The topological polar surface area (TPSA) is 113 Å². The van der Waals surface area contributed by atoms with Crippen LogP contribution in [0.5, 0.6) is 0 Å². The lowest BCUT2D eigenvalue weighted by Crippen LogP contribution is -2.38. The lowest BCUT2D eigenvalue weighted by Gasteiger charge is -2.30. The molecule has 3 aromatic heterocycles. The van der Waals surface area contributed by atoms with Gasteiger partial charge in [0.15, 0.2) is 0 Å². The summed E-state index contributed by atoms with van der Waals surface area (Å²) in [7, 11) is 1.88. The molecule has 1 saturated heterocycles. The van der Waals surface area contributed by atoms with E-state index in [-0.39, 0.29) is 5.91 Å². The predicted octanol–water partition coefficient (Wildman–Crippen LogP) is 4.31. The van der Waals surface area contributed by atoms with E-state index in [1.54, 1.807) is 0 Å². The van der Waals surface area contributed by atoms with E-state index >= 15 is 0 Å². The Labute approximate surface area is 314 Å². The standard InChI is InChI=1S/2C9H16N4.C9H15N3.C9H18N2O.C2H6/c1-7(2)12-4-5-13-8(3)10-11-9(13)6-12;1-7(2)12-4-5-13-9(6-12)10-8(3)11-13;1-8(2)12-6-5-11-4-3-10-9(11)7-12;1-8(2)11-5-4-9(12)10(3)6-7-11;1-2/h2*7H,4-6H2,1-3H3;3-4,8H,5-7H2,1-2H3;8H,4-7H2,1-3H3;1-2H3. The first-order chi connectivity index (χ1) is 24.7. The number of hydrogen-bond donors (Lipinski definition) is 0. The van der Waals surface area contributed by atoms with Gasteiger partial charge in [0.2, 0.25) is 5.91 Å². The Morgan fingerprint density at radius 1 is 0.615 bits per heavy atom. The molecule has 7 heterocycles. The molecule has 1 amide bonds. The first-order valence-corrected chi connectivity index (χ1v) is 19.7. The molecule has 294 valence electrons. The lowest BCUT2D eigenvalue weighted by molar-refractivity contribution is -0.129. The maximum absolute atomic E-state index is 11.3. The normalized spacial score (nSPS) is 18.2. The summed E-state index contributed by atoms with van der Waals surface area (Å²) in [5.74, 6) is 5.63. The van der Waals surface area contributed by atoms with E-state index in [0.717, 1.165) is 102 Å². The minimum absolute atomic E-state index is 0.276. The van der Waals surface area contributed by atoms with Crippen molar-refractivity contribution in [2.75, 3.05) is 46.3 Å². The Bertz CT molecular complexity index is 1460.